The molecular formula is C17H18ClN3O4S. The molecule has 2 aromatic rings. The van der Waals surface area contributed by atoms with Crippen molar-refractivity contribution in [1.82, 2.24) is 4.98 Å². The number of methoxy groups -OCH3 is 1. The van der Waals surface area contributed by atoms with Crippen LogP contribution >= 0.6 is 11.6 Å². The molecule has 9 heteroatoms. The Morgan fingerprint density at radius 1 is 1.27 bits per heavy atom. The number of nitrogens with zero attached hydrogens (tertiary/aromatic N) is 2. The van der Waals surface area contributed by atoms with E-state index in [-0.39, 0.29) is 16.3 Å². The van der Waals surface area contributed by atoms with E-state index in [0.29, 0.717) is 30.2 Å². The maximum Gasteiger partial charge on any atom is 0.257 e. The molecule has 1 aliphatic rings. The highest BCUT2D eigenvalue weighted by atomic mass is 35.5. The number of pyridine rings is 1. The summed E-state index contributed by atoms with van der Waals surface area (Å²) in [6, 6.07) is 7.91. The molecular weight excluding hydrogens is 378 g/mol. The van der Waals surface area contributed by atoms with E-state index in [1.165, 1.54) is 29.7 Å². The Morgan fingerprint density at radius 2 is 2.08 bits per heavy atom. The van der Waals surface area contributed by atoms with Crippen molar-refractivity contribution < 1.29 is 17.9 Å². The summed E-state index contributed by atoms with van der Waals surface area (Å²) in [7, 11) is -1.82. The maximum atomic E-state index is 12.4. The highest BCUT2D eigenvalue weighted by Gasteiger charge is 2.26. The smallest absolute Gasteiger partial charge is 0.257 e. The summed E-state index contributed by atoms with van der Waals surface area (Å²) in [6.07, 6.45) is 2.92. The van der Waals surface area contributed by atoms with Gasteiger partial charge in [0.05, 0.1) is 41.0 Å². The molecule has 138 valence electrons. The number of ether oxygens (including phenoxy) is 1. The van der Waals surface area contributed by atoms with Gasteiger partial charge in [0, 0.05) is 12.6 Å². The number of aromatic nitrogens is 1. The van der Waals surface area contributed by atoms with Crippen molar-refractivity contribution in [3.8, 4) is 5.88 Å². The fourth-order valence-electron chi connectivity index (χ4n) is 2.70. The molecule has 0 saturated carbocycles. The number of nitrogens with one attached hydrogen (secondary N) is 1. The minimum atomic E-state index is -3.33. The summed E-state index contributed by atoms with van der Waals surface area (Å²) in [6.45, 7) is 0.418. The molecule has 0 unspecified atom stereocenters. The van der Waals surface area contributed by atoms with Crippen LogP contribution in [0.4, 0.5) is 11.4 Å². The number of halogens is 1. The van der Waals surface area contributed by atoms with Crippen LogP contribution in [-0.2, 0) is 10.0 Å². The van der Waals surface area contributed by atoms with E-state index in [2.05, 4.69) is 10.3 Å². The predicted molar refractivity (Wildman–Crippen MR) is 101 cm³/mol. The minimum absolute atomic E-state index is 0.122. The average Bonchev–Trinajstić information content (AvgIpc) is 2.61. The summed E-state index contributed by atoms with van der Waals surface area (Å²) in [5, 5.41) is 2.87. The molecule has 0 aliphatic carbocycles. The molecule has 1 amide bonds. The van der Waals surface area contributed by atoms with Gasteiger partial charge in [-0.25, -0.2) is 13.4 Å². The SMILES string of the molecule is COc1ccc(NC(=O)c2ccc(N3CCCCS3(=O)=O)cc2Cl)cn1. The second-order valence-corrected chi connectivity index (χ2v) is 8.22. The zero-order valence-electron chi connectivity index (χ0n) is 14.1. The lowest BCUT2D eigenvalue weighted by molar-refractivity contribution is 0.102. The summed E-state index contributed by atoms with van der Waals surface area (Å²) >= 11 is 6.23. The van der Waals surface area contributed by atoms with Gasteiger partial charge in [0.2, 0.25) is 15.9 Å². The predicted octanol–water partition coefficient (Wildman–Crippen LogP) is 2.93. The topological polar surface area (TPSA) is 88.6 Å². The van der Waals surface area contributed by atoms with Gasteiger partial charge in [-0.3, -0.25) is 9.10 Å². The van der Waals surface area contributed by atoms with Crippen molar-refractivity contribution in [1.29, 1.82) is 0 Å². The number of anilines is 2. The number of carbonyl (C=O) groups is 1. The van der Waals surface area contributed by atoms with E-state index in [1.54, 1.807) is 18.2 Å². The van der Waals surface area contributed by atoms with Crippen LogP contribution in [0.2, 0.25) is 5.02 Å². The number of amides is 1. The highest BCUT2D eigenvalue weighted by molar-refractivity contribution is 7.92. The molecule has 2 heterocycles. The molecule has 0 spiro atoms. The van der Waals surface area contributed by atoms with Crippen LogP contribution in [0.1, 0.15) is 23.2 Å². The van der Waals surface area contributed by atoms with Crippen LogP contribution in [0.15, 0.2) is 36.5 Å². The number of hydrogen-bond donors (Lipinski definition) is 1. The molecule has 1 fully saturated rings. The lowest BCUT2D eigenvalue weighted by Crippen LogP contribution is -2.37. The van der Waals surface area contributed by atoms with E-state index in [1.807, 2.05) is 0 Å². The Balaban J connectivity index is 1.79. The Labute approximate surface area is 157 Å². The van der Waals surface area contributed by atoms with Gasteiger partial charge in [-0.2, -0.15) is 0 Å². The van der Waals surface area contributed by atoms with Crippen LogP contribution < -0.4 is 14.4 Å². The number of sulfonamides is 1. The Morgan fingerprint density at radius 3 is 2.69 bits per heavy atom. The van der Waals surface area contributed by atoms with Gasteiger partial charge < -0.3 is 10.1 Å². The largest absolute Gasteiger partial charge is 0.481 e. The van der Waals surface area contributed by atoms with Crippen molar-refractivity contribution in [2.45, 2.75) is 12.8 Å². The number of carbonyl (C=O) groups excluding carboxylic acids is 1. The monoisotopic (exact) mass is 395 g/mol. The molecule has 0 atom stereocenters. The zero-order chi connectivity index (χ0) is 18.7. The van der Waals surface area contributed by atoms with Crippen LogP contribution in [-0.4, -0.2) is 38.7 Å². The Bertz CT molecular complexity index is 916. The van der Waals surface area contributed by atoms with Crippen LogP contribution in [0.3, 0.4) is 0 Å². The number of benzene rings is 1. The first kappa shape index (κ1) is 18.5. The summed E-state index contributed by atoms with van der Waals surface area (Å²) in [5.74, 6) is 0.153. The van der Waals surface area contributed by atoms with Crippen molar-refractivity contribution in [3.63, 3.8) is 0 Å². The molecule has 7 nitrogen and oxygen atoms in total. The molecule has 0 bridgehead atoms. The molecule has 0 radical (unpaired) electrons. The van der Waals surface area contributed by atoms with Crippen molar-refractivity contribution in [2.24, 2.45) is 0 Å². The van der Waals surface area contributed by atoms with Crippen molar-refractivity contribution in [3.05, 3.63) is 47.1 Å². The quantitative estimate of drug-likeness (QED) is 0.859. The minimum Gasteiger partial charge on any atom is -0.481 e. The van der Waals surface area contributed by atoms with E-state index >= 15 is 0 Å². The summed E-state index contributed by atoms with van der Waals surface area (Å²) in [5.41, 5.74) is 1.22. The van der Waals surface area contributed by atoms with Crippen molar-refractivity contribution in [2.75, 3.05) is 29.0 Å². The van der Waals surface area contributed by atoms with Gasteiger partial charge in [0.25, 0.3) is 5.91 Å². The van der Waals surface area contributed by atoms with Crippen LogP contribution in [0, 0.1) is 0 Å². The highest BCUT2D eigenvalue weighted by Crippen LogP contribution is 2.28. The molecule has 1 aromatic carbocycles. The van der Waals surface area contributed by atoms with Gasteiger partial charge in [-0.05, 0) is 37.1 Å². The lowest BCUT2D eigenvalue weighted by atomic mass is 10.2. The third-order valence-electron chi connectivity index (χ3n) is 4.04. The first-order valence-electron chi connectivity index (χ1n) is 8.02. The summed E-state index contributed by atoms with van der Waals surface area (Å²) < 4.78 is 30.7. The first-order valence-corrected chi connectivity index (χ1v) is 10.0. The molecule has 1 N–H and O–H groups in total. The summed E-state index contributed by atoms with van der Waals surface area (Å²) in [4.78, 5) is 16.4. The maximum absolute atomic E-state index is 12.4. The molecule has 1 saturated heterocycles. The van der Waals surface area contributed by atoms with Gasteiger partial charge in [-0.1, -0.05) is 11.6 Å². The van der Waals surface area contributed by atoms with E-state index in [4.69, 9.17) is 16.3 Å². The molecule has 1 aliphatic heterocycles. The lowest BCUT2D eigenvalue weighted by Gasteiger charge is -2.28. The number of hydrogen-bond acceptors (Lipinski definition) is 5. The van der Waals surface area contributed by atoms with E-state index in [9.17, 15) is 13.2 Å². The zero-order valence-corrected chi connectivity index (χ0v) is 15.7. The van der Waals surface area contributed by atoms with Gasteiger partial charge in [-0.15, -0.1) is 0 Å². The van der Waals surface area contributed by atoms with E-state index in [0.717, 1.165) is 6.42 Å². The van der Waals surface area contributed by atoms with E-state index < -0.39 is 15.9 Å². The van der Waals surface area contributed by atoms with Gasteiger partial charge >= 0.3 is 0 Å². The van der Waals surface area contributed by atoms with Crippen molar-refractivity contribution >= 4 is 38.9 Å². The standard InChI is InChI=1S/C17H18ClN3O4S/c1-25-16-7-4-12(11-19-16)20-17(22)14-6-5-13(10-15(14)18)21-8-2-3-9-26(21,23)24/h4-7,10-11H,2-3,8-9H2,1H3,(H,20,22). The Kier molecular flexibility index (Phi) is 5.33. The fraction of sp³-hybridized carbons (Fsp3) is 0.294. The van der Waals surface area contributed by atoms with Gasteiger partial charge in [0.1, 0.15) is 0 Å². The molecule has 26 heavy (non-hydrogen) atoms. The van der Waals surface area contributed by atoms with Gasteiger partial charge in [0.15, 0.2) is 0 Å². The van der Waals surface area contributed by atoms with Crippen LogP contribution in [0.25, 0.3) is 0 Å². The average molecular weight is 396 g/mol. The molecule has 3 rings (SSSR count). The molecule has 1 aromatic heterocycles. The third-order valence-corrected chi connectivity index (χ3v) is 6.22. The third kappa shape index (κ3) is 3.91. The second kappa shape index (κ2) is 7.51. The normalized spacial score (nSPS) is 16.2. The second-order valence-electron chi connectivity index (χ2n) is 5.80. The first-order chi connectivity index (χ1) is 12.4. The Hall–Kier alpha value is -2.32. The van der Waals surface area contributed by atoms with Crippen LogP contribution in [0.5, 0.6) is 5.88 Å². The fourth-order valence-corrected chi connectivity index (χ4v) is 4.59. The number of rotatable bonds is 4.